The largest absolute Gasteiger partial charge is 0.497 e. The molecule has 0 radical (unpaired) electrons. The molecule has 0 saturated carbocycles. The van der Waals surface area contributed by atoms with Gasteiger partial charge in [-0.1, -0.05) is 5.16 Å². The Morgan fingerprint density at radius 3 is 2.85 bits per heavy atom. The monoisotopic (exact) mass is 368 g/mol. The second kappa shape index (κ2) is 8.79. The Labute approximate surface area is 156 Å². The fraction of sp³-hybridized carbons (Fsp3) is 0.263. The molecule has 0 fully saturated rings. The van der Waals surface area contributed by atoms with Gasteiger partial charge in [0.1, 0.15) is 11.5 Å². The third kappa shape index (κ3) is 4.81. The molecular weight excluding hydrogens is 348 g/mol. The highest BCUT2D eigenvalue weighted by atomic mass is 16.5. The summed E-state index contributed by atoms with van der Waals surface area (Å²) in [6.45, 7) is 0.337. The van der Waals surface area contributed by atoms with Gasteiger partial charge in [0.05, 0.1) is 14.2 Å². The molecule has 0 spiro atoms. The molecule has 0 bridgehead atoms. The second-order valence-corrected chi connectivity index (χ2v) is 5.71. The van der Waals surface area contributed by atoms with Crippen molar-refractivity contribution in [3.05, 3.63) is 54.2 Å². The van der Waals surface area contributed by atoms with Gasteiger partial charge in [0.2, 0.25) is 17.6 Å². The van der Waals surface area contributed by atoms with Crippen LogP contribution in [0.3, 0.4) is 0 Å². The lowest BCUT2D eigenvalue weighted by atomic mass is 10.2. The highest BCUT2D eigenvalue weighted by Crippen LogP contribution is 2.23. The molecule has 0 aliphatic carbocycles. The Hall–Kier alpha value is -3.42. The Morgan fingerprint density at radius 1 is 1.22 bits per heavy atom. The minimum Gasteiger partial charge on any atom is -0.497 e. The number of amides is 1. The number of nitrogens with one attached hydrogen (secondary N) is 1. The molecule has 1 aromatic carbocycles. The van der Waals surface area contributed by atoms with Crippen molar-refractivity contribution in [1.82, 2.24) is 20.4 Å². The third-order valence-electron chi connectivity index (χ3n) is 3.92. The average molecular weight is 368 g/mol. The van der Waals surface area contributed by atoms with E-state index < -0.39 is 0 Å². The molecule has 0 saturated heterocycles. The van der Waals surface area contributed by atoms with Gasteiger partial charge in [-0.2, -0.15) is 4.98 Å². The summed E-state index contributed by atoms with van der Waals surface area (Å²) in [5.74, 6) is 2.13. The summed E-state index contributed by atoms with van der Waals surface area (Å²) in [5.41, 5.74) is 1.60. The topological polar surface area (TPSA) is 99.4 Å². The lowest BCUT2D eigenvalue weighted by Crippen LogP contribution is -2.23. The molecule has 0 atom stereocenters. The van der Waals surface area contributed by atoms with Crippen molar-refractivity contribution in [2.75, 3.05) is 14.2 Å². The first kappa shape index (κ1) is 18.4. The highest BCUT2D eigenvalue weighted by Gasteiger charge is 2.12. The number of pyridine rings is 1. The number of rotatable bonds is 8. The van der Waals surface area contributed by atoms with Crippen LogP contribution < -0.4 is 14.8 Å². The van der Waals surface area contributed by atoms with E-state index in [4.69, 9.17) is 14.0 Å². The van der Waals surface area contributed by atoms with Crippen LogP contribution in [0.15, 0.2) is 47.2 Å². The standard InChI is InChI=1S/C19H20N4O4/c1-25-15-5-6-16(26-2)14(10-15)12-21-17(24)7-8-18-22-19(23-27-18)13-4-3-9-20-11-13/h3-6,9-11H,7-8,12H2,1-2H3,(H,21,24). The molecule has 0 aliphatic rings. The zero-order valence-electron chi connectivity index (χ0n) is 15.1. The van der Waals surface area contributed by atoms with Crippen molar-refractivity contribution in [1.29, 1.82) is 0 Å². The summed E-state index contributed by atoms with van der Waals surface area (Å²) in [4.78, 5) is 20.4. The quantitative estimate of drug-likeness (QED) is 0.652. The number of hydrogen-bond acceptors (Lipinski definition) is 7. The van der Waals surface area contributed by atoms with Gasteiger partial charge in [0, 0.05) is 42.9 Å². The molecular formula is C19H20N4O4. The van der Waals surface area contributed by atoms with Gasteiger partial charge < -0.3 is 19.3 Å². The second-order valence-electron chi connectivity index (χ2n) is 5.71. The van der Waals surface area contributed by atoms with Gasteiger partial charge in [0.25, 0.3) is 0 Å². The Bertz CT molecular complexity index is 896. The number of carbonyl (C=O) groups is 1. The van der Waals surface area contributed by atoms with Crippen molar-refractivity contribution < 1.29 is 18.8 Å². The molecule has 1 N–H and O–H groups in total. The summed E-state index contributed by atoms with van der Waals surface area (Å²) in [7, 11) is 3.18. The summed E-state index contributed by atoms with van der Waals surface area (Å²) in [6.07, 6.45) is 3.92. The predicted octanol–water partition coefficient (Wildman–Crippen LogP) is 2.40. The maximum Gasteiger partial charge on any atom is 0.227 e. The maximum absolute atomic E-state index is 12.1. The molecule has 3 rings (SSSR count). The average Bonchev–Trinajstić information content (AvgIpc) is 3.20. The minimum atomic E-state index is -0.124. The molecule has 8 heteroatoms. The van der Waals surface area contributed by atoms with E-state index >= 15 is 0 Å². The molecule has 2 heterocycles. The van der Waals surface area contributed by atoms with Crippen molar-refractivity contribution in [3.8, 4) is 22.9 Å². The lowest BCUT2D eigenvalue weighted by Gasteiger charge is -2.11. The van der Waals surface area contributed by atoms with Gasteiger partial charge in [-0.05, 0) is 30.3 Å². The molecule has 1 amide bonds. The van der Waals surface area contributed by atoms with Crippen molar-refractivity contribution in [3.63, 3.8) is 0 Å². The van der Waals surface area contributed by atoms with E-state index in [-0.39, 0.29) is 12.3 Å². The summed E-state index contributed by atoms with van der Waals surface area (Å²) in [6, 6.07) is 9.08. The van der Waals surface area contributed by atoms with Gasteiger partial charge in [-0.3, -0.25) is 9.78 Å². The normalized spacial score (nSPS) is 10.4. The van der Waals surface area contributed by atoms with E-state index in [2.05, 4.69) is 20.4 Å². The Balaban J connectivity index is 1.53. The van der Waals surface area contributed by atoms with Gasteiger partial charge in [0.15, 0.2) is 0 Å². The fourth-order valence-corrected chi connectivity index (χ4v) is 2.49. The molecule has 140 valence electrons. The van der Waals surface area contributed by atoms with Crippen molar-refractivity contribution >= 4 is 5.91 Å². The van der Waals surface area contributed by atoms with Crippen LogP contribution in [0.2, 0.25) is 0 Å². The molecule has 27 heavy (non-hydrogen) atoms. The van der Waals surface area contributed by atoms with E-state index in [9.17, 15) is 4.79 Å². The maximum atomic E-state index is 12.1. The Kier molecular flexibility index (Phi) is 5.98. The number of benzene rings is 1. The number of aryl methyl sites for hydroxylation is 1. The fourth-order valence-electron chi connectivity index (χ4n) is 2.49. The van der Waals surface area contributed by atoms with Crippen LogP contribution in [0, 0.1) is 0 Å². The Morgan fingerprint density at radius 2 is 2.11 bits per heavy atom. The van der Waals surface area contributed by atoms with Crippen molar-refractivity contribution in [2.45, 2.75) is 19.4 Å². The number of carbonyl (C=O) groups excluding carboxylic acids is 1. The molecule has 3 aromatic rings. The third-order valence-corrected chi connectivity index (χ3v) is 3.92. The number of methoxy groups -OCH3 is 2. The van der Waals surface area contributed by atoms with Crippen LogP contribution in [0.1, 0.15) is 17.9 Å². The SMILES string of the molecule is COc1ccc(OC)c(CNC(=O)CCc2nc(-c3cccnc3)no2)c1. The number of nitrogens with zero attached hydrogens (tertiary/aromatic N) is 3. The predicted molar refractivity (Wildman–Crippen MR) is 97.2 cm³/mol. The van der Waals surface area contributed by atoms with Crippen LogP contribution in [0.25, 0.3) is 11.4 Å². The summed E-state index contributed by atoms with van der Waals surface area (Å²) < 4.78 is 15.7. The lowest BCUT2D eigenvalue weighted by molar-refractivity contribution is -0.121. The van der Waals surface area contributed by atoms with Crippen LogP contribution in [-0.2, 0) is 17.8 Å². The first-order valence-electron chi connectivity index (χ1n) is 8.40. The number of ether oxygens (including phenoxy) is 2. The highest BCUT2D eigenvalue weighted by molar-refractivity contribution is 5.76. The van der Waals surface area contributed by atoms with Crippen LogP contribution in [0.4, 0.5) is 0 Å². The first-order valence-corrected chi connectivity index (χ1v) is 8.40. The van der Waals surface area contributed by atoms with E-state index in [0.717, 1.165) is 11.1 Å². The van der Waals surface area contributed by atoms with Crippen LogP contribution >= 0.6 is 0 Å². The van der Waals surface area contributed by atoms with E-state index in [0.29, 0.717) is 36.2 Å². The molecule has 0 unspecified atom stereocenters. The van der Waals surface area contributed by atoms with Crippen LogP contribution in [-0.4, -0.2) is 35.3 Å². The van der Waals surface area contributed by atoms with E-state index in [1.807, 2.05) is 12.1 Å². The summed E-state index contributed by atoms with van der Waals surface area (Å²) >= 11 is 0. The van der Waals surface area contributed by atoms with Gasteiger partial charge in [-0.25, -0.2) is 0 Å². The zero-order valence-corrected chi connectivity index (χ0v) is 15.1. The number of aromatic nitrogens is 3. The van der Waals surface area contributed by atoms with Crippen molar-refractivity contribution in [2.24, 2.45) is 0 Å². The zero-order chi connectivity index (χ0) is 19.1. The van der Waals surface area contributed by atoms with E-state index in [1.54, 1.807) is 44.8 Å². The molecule has 2 aromatic heterocycles. The number of hydrogen-bond donors (Lipinski definition) is 1. The van der Waals surface area contributed by atoms with E-state index in [1.165, 1.54) is 0 Å². The molecule has 0 aliphatic heterocycles. The minimum absolute atomic E-state index is 0.124. The summed E-state index contributed by atoms with van der Waals surface area (Å²) in [5, 5.41) is 6.77. The molecule has 8 nitrogen and oxygen atoms in total. The van der Waals surface area contributed by atoms with Gasteiger partial charge in [-0.15, -0.1) is 0 Å². The van der Waals surface area contributed by atoms with Crippen LogP contribution in [0.5, 0.6) is 11.5 Å². The first-order chi connectivity index (χ1) is 13.2. The smallest absolute Gasteiger partial charge is 0.227 e. The van der Waals surface area contributed by atoms with Gasteiger partial charge >= 0.3 is 0 Å².